The molecule has 0 rings (SSSR count). The highest BCUT2D eigenvalue weighted by atomic mass is 14.8. The van der Waals surface area contributed by atoms with Crippen LogP contribution in [0.1, 0.15) is 13.8 Å². The lowest BCUT2D eigenvalue weighted by Crippen LogP contribution is -2.09. The monoisotopic (exact) mass is 213 g/mol. The number of hydrogen-bond acceptors (Lipinski definition) is 1. The van der Waals surface area contributed by atoms with E-state index in [0.717, 1.165) is 13.1 Å². The fourth-order valence-electron chi connectivity index (χ4n) is 0.250. The van der Waals surface area contributed by atoms with E-state index in [2.05, 4.69) is 85.0 Å². The Morgan fingerprint density at radius 3 is 0.667 bits per heavy atom. The zero-order valence-corrected chi connectivity index (χ0v) is 11.0. The second-order valence-corrected chi connectivity index (χ2v) is 0.957. The molecule has 0 atom stereocenters. The van der Waals surface area contributed by atoms with E-state index in [1.807, 2.05) is 0 Å². The highest BCUT2D eigenvalue weighted by molar-refractivity contribution is 4.27. The molecule has 0 aliphatic carbocycles. The highest BCUT2D eigenvalue weighted by Gasteiger charge is 1.62. The number of nitrogens with one attached hydrogen (secondary N) is 1. The molecule has 0 spiro atoms. The van der Waals surface area contributed by atoms with Crippen molar-refractivity contribution in [2.45, 2.75) is 13.8 Å². The predicted molar refractivity (Wildman–Crippen MR) is 80.5 cm³/mol. The van der Waals surface area contributed by atoms with E-state index in [1.54, 1.807) is 0 Å². The second kappa shape index (κ2) is 625. The molecule has 0 radical (unpaired) electrons. The largest absolute Gasteiger partial charge is 0.317 e. The van der Waals surface area contributed by atoms with Gasteiger partial charge in [-0.25, -0.2) is 0 Å². The summed E-state index contributed by atoms with van der Waals surface area (Å²) >= 11 is 0. The van der Waals surface area contributed by atoms with Gasteiger partial charge >= 0.3 is 0 Å². The molecular weight excluding hydrogens is 182 g/mol. The summed E-state index contributed by atoms with van der Waals surface area (Å²) in [5.41, 5.74) is 0. The van der Waals surface area contributed by atoms with Crippen LogP contribution in [0.2, 0.25) is 0 Å². The number of rotatable bonds is 2. The normalized spacial score (nSPS) is 4.13. The first kappa shape index (κ1) is 37.3. The third-order valence-corrected chi connectivity index (χ3v) is 0.500. The average molecular weight is 213 g/mol. The molecule has 0 saturated heterocycles. The van der Waals surface area contributed by atoms with Crippen LogP contribution in [-0.2, 0) is 0 Å². The molecule has 0 aromatic rings. The maximum absolute atomic E-state index is 3.11. The highest BCUT2D eigenvalue weighted by Crippen LogP contribution is 1.47. The van der Waals surface area contributed by atoms with E-state index < -0.39 is 0 Å². The van der Waals surface area contributed by atoms with Crippen molar-refractivity contribution in [1.82, 2.24) is 5.32 Å². The molecule has 0 unspecified atom stereocenters. The van der Waals surface area contributed by atoms with Gasteiger partial charge in [0.25, 0.3) is 0 Å². The molecule has 1 heteroatoms. The van der Waals surface area contributed by atoms with E-state index in [-0.39, 0.29) is 0 Å². The Hall–Kier alpha value is -1.34. The Morgan fingerprint density at radius 1 is 0.533 bits per heavy atom. The third kappa shape index (κ3) is 3300. The van der Waals surface area contributed by atoms with Crippen LogP contribution in [0.5, 0.6) is 0 Å². The predicted octanol–water partition coefficient (Wildman–Crippen LogP) is 4.63. The lowest BCUT2D eigenvalue weighted by molar-refractivity contribution is 0.762. The summed E-state index contributed by atoms with van der Waals surface area (Å²) in [4.78, 5) is 0. The number of hydrogen-bond donors (Lipinski definition) is 1. The Morgan fingerprint density at radius 2 is 0.667 bits per heavy atom. The first-order chi connectivity index (χ1) is 7.41. The Labute approximate surface area is 98.6 Å². The van der Waals surface area contributed by atoms with E-state index in [4.69, 9.17) is 0 Å². The van der Waals surface area contributed by atoms with Crippen LogP contribution in [0.25, 0.3) is 0 Å². The summed E-state index contributed by atoms with van der Waals surface area (Å²) in [6.45, 7) is 36.4. The maximum atomic E-state index is 3.11. The van der Waals surface area contributed by atoms with Crippen molar-refractivity contribution >= 4 is 0 Å². The lowest BCUT2D eigenvalue weighted by atomic mass is 10.7. The van der Waals surface area contributed by atoms with Gasteiger partial charge in [0, 0.05) is 0 Å². The van der Waals surface area contributed by atoms with Crippen LogP contribution in [-0.4, -0.2) is 13.1 Å². The Bertz CT molecular complexity index is 39.7. The van der Waals surface area contributed by atoms with E-state index in [9.17, 15) is 0 Å². The van der Waals surface area contributed by atoms with Crippen molar-refractivity contribution in [2.75, 3.05) is 13.1 Å². The van der Waals surface area contributed by atoms with Crippen molar-refractivity contribution in [2.24, 2.45) is 0 Å². The fraction of sp³-hybridized carbons (Fsp3) is 0.286. The Balaban J connectivity index is -0.0000000177. The molecule has 0 aromatic carbocycles. The molecule has 0 aliphatic rings. The van der Waals surface area contributed by atoms with Gasteiger partial charge in [0.05, 0.1) is 0 Å². The van der Waals surface area contributed by atoms with Crippen LogP contribution < -0.4 is 5.32 Å². The van der Waals surface area contributed by atoms with Crippen molar-refractivity contribution in [3.05, 3.63) is 65.8 Å². The van der Waals surface area contributed by atoms with E-state index in [0.29, 0.717) is 0 Å². The van der Waals surface area contributed by atoms with Gasteiger partial charge in [0.15, 0.2) is 0 Å². The summed E-state index contributed by atoms with van der Waals surface area (Å²) in [6, 6.07) is 0. The molecule has 0 aliphatic heterocycles. The van der Waals surface area contributed by atoms with Crippen molar-refractivity contribution in [3.8, 4) is 0 Å². The maximum Gasteiger partial charge on any atom is -0.00775 e. The quantitative estimate of drug-likeness (QED) is 0.660. The summed E-state index contributed by atoms with van der Waals surface area (Å²) in [5, 5.41) is 3.11. The van der Waals surface area contributed by atoms with Crippen molar-refractivity contribution in [3.63, 3.8) is 0 Å². The van der Waals surface area contributed by atoms with Crippen LogP contribution in [0.4, 0.5) is 0 Å². The van der Waals surface area contributed by atoms with Crippen LogP contribution >= 0.6 is 0 Å². The summed E-state index contributed by atoms with van der Waals surface area (Å²) in [6.07, 6.45) is 0. The molecule has 1 nitrogen and oxygen atoms in total. The third-order valence-electron chi connectivity index (χ3n) is 0.500. The molecule has 0 saturated carbocycles. The van der Waals surface area contributed by atoms with E-state index >= 15 is 0 Å². The van der Waals surface area contributed by atoms with Gasteiger partial charge < -0.3 is 5.32 Å². The van der Waals surface area contributed by atoms with Crippen LogP contribution in [0.15, 0.2) is 65.8 Å². The smallest absolute Gasteiger partial charge is 0.00775 e. The van der Waals surface area contributed by atoms with Gasteiger partial charge in [-0.3, -0.25) is 0 Å². The molecule has 0 bridgehead atoms. The molecule has 92 valence electrons. The molecule has 1 N–H and O–H groups in total. The fourth-order valence-corrected chi connectivity index (χ4v) is 0.250. The molecule has 0 amide bonds. The van der Waals surface area contributed by atoms with Gasteiger partial charge in [0.1, 0.15) is 0 Å². The minimum Gasteiger partial charge on any atom is -0.317 e. The van der Waals surface area contributed by atoms with Gasteiger partial charge in [-0.05, 0) is 13.1 Å². The second-order valence-electron chi connectivity index (χ2n) is 0.957. The van der Waals surface area contributed by atoms with Gasteiger partial charge in [0.2, 0.25) is 0 Å². The first-order valence-electron chi connectivity index (χ1n) is 4.62. The summed E-state index contributed by atoms with van der Waals surface area (Å²) in [5.74, 6) is 0. The van der Waals surface area contributed by atoms with Crippen LogP contribution in [0.3, 0.4) is 0 Å². The zero-order chi connectivity index (χ0) is 14.1. The SMILES string of the molecule is C=C.C=C.C=C.C=C.C=C.CCNCC. The van der Waals surface area contributed by atoms with E-state index in [1.165, 1.54) is 0 Å². The van der Waals surface area contributed by atoms with Gasteiger partial charge in [-0.15, -0.1) is 65.8 Å². The molecular formula is C14H31N. The first-order valence-corrected chi connectivity index (χ1v) is 4.62. The molecule has 0 heterocycles. The van der Waals surface area contributed by atoms with Crippen LogP contribution in [0, 0.1) is 0 Å². The summed E-state index contributed by atoms with van der Waals surface area (Å²) in [7, 11) is 0. The lowest BCUT2D eigenvalue weighted by Gasteiger charge is -1.86. The molecule has 0 aromatic heterocycles. The standard InChI is InChI=1S/C4H11N.5C2H4/c1-3-5-4-2;5*1-2/h5H,3-4H2,1-2H3;5*1-2H2. The minimum atomic E-state index is 1.09. The summed E-state index contributed by atoms with van der Waals surface area (Å²) < 4.78 is 0. The molecule has 15 heavy (non-hydrogen) atoms. The van der Waals surface area contributed by atoms with Gasteiger partial charge in [-0.2, -0.15) is 0 Å². The average Bonchev–Trinajstić information content (AvgIpc) is 2.42. The van der Waals surface area contributed by atoms with Gasteiger partial charge in [-0.1, -0.05) is 13.8 Å². The zero-order valence-electron chi connectivity index (χ0n) is 11.0. The van der Waals surface area contributed by atoms with Crippen molar-refractivity contribution < 1.29 is 0 Å². The minimum absolute atomic E-state index is 1.09. The topological polar surface area (TPSA) is 12.0 Å². The van der Waals surface area contributed by atoms with Crippen molar-refractivity contribution in [1.29, 1.82) is 0 Å². The Kier molecular flexibility index (Phi) is 1550. The molecule has 0 fully saturated rings.